The molecule has 0 aliphatic carbocycles. The molecular weight excluding hydrogens is 436 g/mol. The SMILES string of the molecule is COc1ccc([C@H]2C(C(=O)N3CCOCC3)=C(C)Nc3nc4ccccc4n32)c(OC)c1OC. The molecule has 1 N–H and O–H groups in total. The van der Waals surface area contributed by atoms with Crippen LogP contribution in [0.4, 0.5) is 5.95 Å². The van der Waals surface area contributed by atoms with Gasteiger partial charge in [0, 0.05) is 24.4 Å². The van der Waals surface area contributed by atoms with Crippen LogP contribution in [0.2, 0.25) is 0 Å². The molecule has 1 fully saturated rings. The minimum atomic E-state index is -0.492. The Morgan fingerprint density at radius 1 is 1.03 bits per heavy atom. The molecule has 178 valence electrons. The number of fused-ring (bicyclic) bond motifs is 3. The van der Waals surface area contributed by atoms with Crippen molar-refractivity contribution in [2.75, 3.05) is 52.9 Å². The lowest BCUT2D eigenvalue weighted by atomic mass is 9.92. The zero-order valence-corrected chi connectivity index (χ0v) is 19.8. The van der Waals surface area contributed by atoms with Gasteiger partial charge in [-0.1, -0.05) is 12.1 Å². The summed E-state index contributed by atoms with van der Waals surface area (Å²) in [6, 6.07) is 11.2. The van der Waals surface area contributed by atoms with Crippen LogP contribution in [0.1, 0.15) is 18.5 Å². The van der Waals surface area contributed by atoms with Gasteiger partial charge in [-0.25, -0.2) is 4.98 Å². The highest BCUT2D eigenvalue weighted by molar-refractivity contribution is 5.98. The molecule has 0 unspecified atom stereocenters. The fourth-order valence-electron chi connectivity index (χ4n) is 4.81. The van der Waals surface area contributed by atoms with E-state index in [0.717, 1.165) is 22.3 Å². The summed E-state index contributed by atoms with van der Waals surface area (Å²) < 4.78 is 24.5. The van der Waals surface area contributed by atoms with E-state index in [1.807, 2.05) is 48.2 Å². The average Bonchev–Trinajstić information content (AvgIpc) is 3.24. The highest BCUT2D eigenvalue weighted by Gasteiger charge is 2.38. The van der Waals surface area contributed by atoms with Gasteiger partial charge in [0.15, 0.2) is 11.5 Å². The molecule has 0 radical (unpaired) electrons. The van der Waals surface area contributed by atoms with Crippen molar-refractivity contribution in [3.8, 4) is 17.2 Å². The number of amides is 1. The van der Waals surface area contributed by atoms with Crippen LogP contribution in [0.3, 0.4) is 0 Å². The number of para-hydroxylation sites is 2. The number of methoxy groups -OCH3 is 3. The third-order valence-corrected chi connectivity index (χ3v) is 6.39. The number of benzene rings is 2. The number of morpholine rings is 1. The van der Waals surface area contributed by atoms with E-state index < -0.39 is 6.04 Å². The van der Waals surface area contributed by atoms with Crippen LogP contribution in [0.5, 0.6) is 17.2 Å². The first-order valence-corrected chi connectivity index (χ1v) is 11.2. The van der Waals surface area contributed by atoms with Gasteiger partial charge in [-0.3, -0.25) is 9.36 Å². The van der Waals surface area contributed by atoms with Crippen LogP contribution >= 0.6 is 0 Å². The van der Waals surface area contributed by atoms with Crippen molar-refractivity contribution in [3.63, 3.8) is 0 Å². The molecule has 1 amide bonds. The maximum atomic E-state index is 13.9. The first kappa shape index (κ1) is 22.1. The monoisotopic (exact) mass is 464 g/mol. The van der Waals surface area contributed by atoms with Crippen LogP contribution in [-0.4, -0.2) is 68.0 Å². The minimum Gasteiger partial charge on any atom is -0.493 e. The number of carbonyl (C=O) groups excluding carboxylic acids is 1. The van der Waals surface area contributed by atoms with Crippen LogP contribution in [-0.2, 0) is 9.53 Å². The Kier molecular flexibility index (Phi) is 5.79. The van der Waals surface area contributed by atoms with Crippen LogP contribution in [0, 0.1) is 0 Å². The molecule has 3 aromatic rings. The predicted molar refractivity (Wildman–Crippen MR) is 128 cm³/mol. The second-order valence-electron chi connectivity index (χ2n) is 8.19. The third kappa shape index (κ3) is 3.43. The summed E-state index contributed by atoms with van der Waals surface area (Å²) in [5.41, 5.74) is 3.90. The van der Waals surface area contributed by atoms with Gasteiger partial charge >= 0.3 is 0 Å². The molecule has 1 saturated heterocycles. The Balaban J connectivity index is 1.77. The smallest absolute Gasteiger partial charge is 0.254 e. The van der Waals surface area contributed by atoms with E-state index in [1.165, 1.54) is 0 Å². The molecule has 0 bridgehead atoms. The lowest BCUT2D eigenvalue weighted by Gasteiger charge is -2.35. The fraction of sp³-hybridized carbons (Fsp3) is 0.360. The molecule has 34 heavy (non-hydrogen) atoms. The van der Waals surface area contributed by atoms with Crippen molar-refractivity contribution in [1.82, 2.24) is 14.5 Å². The predicted octanol–water partition coefficient (Wildman–Crippen LogP) is 3.21. The van der Waals surface area contributed by atoms with Crippen LogP contribution < -0.4 is 19.5 Å². The average molecular weight is 465 g/mol. The number of allylic oxidation sites excluding steroid dienone is 1. The molecule has 2 aliphatic rings. The molecule has 2 aliphatic heterocycles. The van der Waals surface area contributed by atoms with E-state index in [4.69, 9.17) is 23.9 Å². The van der Waals surface area contributed by atoms with Crippen LogP contribution in [0.25, 0.3) is 11.0 Å². The molecule has 5 rings (SSSR count). The second kappa shape index (κ2) is 8.90. The van der Waals surface area contributed by atoms with E-state index in [0.29, 0.717) is 55.1 Å². The van der Waals surface area contributed by atoms with Crippen LogP contribution in [0.15, 0.2) is 47.7 Å². The molecule has 0 saturated carbocycles. The third-order valence-electron chi connectivity index (χ3n) is 6.39. The van der Waals surface area contributed by atoms with E-state index in [1.54, 1.807) is 21.3 Å². The zero-order valence-electron chi connectivity index (χ0n) is 19.8. The van der Waals surface area contributed by atoms with Gasteiger partial charge in [0.2, 0.25) is 11.7 Å². The number of nitrogens with one attached hydrogen (secondary N) is 1. The number of anilines is 1. The van der Waals surface area contributed by atoms with Gasteiger partial charge in [0.25, 0.3) is 5.91 Å². The van der Waals surface area contributed by atoms with Gasteiger partial charge in [-0.15, -0.1) is 0 Å². The molecule has 2 aromatic carbocycles. The van der Waals surface area contributed by atoms with E-state index in [2.05, 4.69) is 9.88 Å². The molecule has 3 heterocycles. The van der Waals surface area contributed by atoms with Crippen molar-refractivity contribution in [1.29, 1.82) is 0 Å². The summed E-state index contributed by atoms with van der Waals surface area (Å²) in [5.74, 6) is 2.16. The highest BCUT2D eigenvalue weighted by atomic mass is 16.5. The van der Waals surface area contributed by atoms with Crippen molar-refractivity contribution in [3.05, 3.63) is 53.2 Å². The number of aromatic nitrogens is 2. The molecule has 1 atom stereocenters. The Morgan fingerprint density at radius 3 is 2.47 bits per heavy atom. The summed E-state index contributed by atoms with van der Waals surface area (Å²) in [5, 5.41) is 3.36. The molecule has 0 spiro atoms. The lowest BCUT2D eigenvalue weighted by Crippen LogP contribution is -2.44. The number of carbonyl (C=O) groups is 1. The zero-order chi connectivity index (χ0) is 23.8. The molecular formula is C25H28N4O5. The topological polar surface area (TPSA) is 87.1 Å². The standard InChI is InChI=1S/C25H28N4O5/c1-15-20(24(30)28-11-13-34-14-12-28)21(16-9-10-19(31-2)23(33-4)22(16)32-3)29-18-8-6-5-7-17(18)27-25(29)26-15/h5-10,21H,11-14H2,1-4H3,(H,26,27)/t21-/m0/s1. The number of ether oxygens (including phenoxy) is 4. The van der Waals surface area contributed by atoms with Gasteiger partial charge < -0.3 is 29.2 Å². The van der Waals surface area contributed by atoms with Gasteiger partial charge in [-0.05, 0) is 31.2 Å². The summed E-state index contributed by atoms with van der Waals surface area (Å²) in [7, 11) is 4.75. The number of rotatable bonds is 5. The quantitative estimate of drug-likeness (QED) is 0.620. The molecule has 9 nitrogen and oxygen atoms in total. The van der Waals surface area contributed by atoms with E-state index >= 15 is 0 Å². The van der Waals surface area contributed by atoms with Crippen molar-refractivity contribution < 1.29 is 23.7 Å². The summed E-state index contributed by atoms with van der Waals surface area (Å²) in [6.07, 6.45) is 0. The van der Waals surface area contributed by atoms with Gasteiger partial charge in [-0.2, -0.15) is 0 Å². The lowest BCUT2D eigenvalue weighted by molar-refractivity contribution is -0.131. The number of hydrogen-bond acceptors (Lipinski definition) is 7. The second-order valence-corrected chi connectivity index (χ2v) is 8.19. The van der Waals surface area contributed by atoms with Gasteiger partial charge in [0.05, 0.1) is 57.2 Å². The summed E-state index contributed by atoms with van der Waals surface area (Å²) >= 11 is 0. The van der Waals surface area contributed by atoms with Crippen molar-refractivity contribution in [2.24, 2.45) is 0 Å². The number of hydrogen-bond donors (Lipinski definition) is 1. The van der Waals surface area contributed by atoms with Gasteiger partial charge in [0.1, 0.15) is 0 Å². The number of nitrogens with zero attached hydrogens (tertiary/aromatic N) is 3. The summed E-state index contributed by atoms with van der Waals surface area (Å²) in [4.78, 5) is 20.6. The Morgan fingerprint density at radius 2 is 1.76 bits per heavy atom. The Labute approximate surface area is 197 Å². The normalized spacial score (nSPS) is 17.9. The largest absolute Gasteiger partial charge is 0.493 e. The maximum absolute atomic E-state index is 13.9. The minimum absolute atomic E-state index is 0.0430. The molecule has 9 heteroatoms. The van der Waals surface area contributed by atoms with E-state index in [-0.39, 0.29) is 5.91 Å². The molecule has 1 aromatic heterocycles. The maximum Gasteiger partial charge on any atom is 0.254 e. The first-order valence-electron chi connectivity index (χ1n) is 11.2. The van der Waals surface area contributed by atoms with Crippen molar-refractivity contribution >= 4 is 22.9 Å². The Hall–Kier alpha value is -3.72. The Bertz CT molecular complexity index is 1280. The number of imidazole rings is 1. The fourth-order valence-corrected chi connectivity index (χ4v) is 4.81. The highest BCUT2D eigenvalue weighted by Crippen LogP contribution is 2.48. The first-order chi connectivity index (χ1) is 16.6. The van der Waals surface area contributed by atoms with E-state index in [9.17, 15) is 4.79 Å². The van der Waals surface area contributed by atoms with Crippen molar-refractivity contribution in [2.45, 2.75) is 13.0 Å². The summed E-state index contributed by atoms with van der Waals surface area (Å²) in [6.45, 7) is 4.05.